The van der Waals surface area contributed by atoms with Gasteiger partial charge in [-0.1, -0.05) is 22.0 Å². The minimum atomic E-state index is 0.849. The Labute approximate surface area is 167 Å². The van der Waals surface area contributed by atoms with Gasteiger partial charge in [-0.3, -0.25) is 9.89 Å². The highest BCUT2D eigenvalue weighted by Gasteiger charge is 2.21. The average molecular weight is 424 g/mol. The molecule has 4 heterocycles. The summed E-state index contributed by atoms with van der Waals surface area (Å²) in [4.78, 5) is 20.0. The normalized spacial score (nSPS) is 17.7. The number of H-pyrrole nitrogens is 1. The van der Waals surface area contributed by atoms with Gasteiger partial charge in [0.1, 0.15) is 0 Å². The van der Waals surface area contributed by atoms with E-state index in [0.29, 0.717) is 0 Å². The van der Waals surface area contributed by atoms with Crippen LogP contribution in [-0.4, -0.2) is 38.7 Å². The number of halogens is 1. The first kappa shape index (κ1) is 17.1. The molecule has 0 saturated carbocycles. The maximum absolute atomic E-state index is 4.85. The first-order chi connectivity index (χ1) is 13.3. The second kappa shape index (κ2) is 7.17. The third kappa shape index (κ3) is 3.32. The highest BCUT2D eigenvalue weighted by molar-refractivity contribution is 9.10. The van der Waals surface area contributed by atoms with Gasteiger partial charge in [0, 0.05) is 65.9 Å². The van der Waals surface area contributed by atoms with E-state index in [1.807, 2.05) is 6.20 Å². The molecule has 27 heavy (non-hydrogen) atoms. The van der Waals surface area contributed by atoms with Crippen LogP contribution in [0.4, 0.5) is 0 Å². The molecule has 1 aromatic carbocycles. The molecule has 0 amide bonds. The second-order valence-electron chi connectivity index (χ2n) is 7.39. The number of aromatic amines is 1. The summed E-state index contributed by atoms with van der Waals surface area (Å²) >= 11 is 3.69. The van der Waals surface area contributed by atoms with E-state index < -0.39 is 0 Å². The fraction of sp³-hybridized carbons (Fsp3) is 0.381. The lowest BCUT2D eigenvalue weighted by molar-refractivity contribution is 0.243. The molecule has 2 aliphatic heterocycles. The summed E-state index contributed by atoms with van der Waals surface area (Å²) in [5, 5.41) is 1.28. The Bertz CT molecular complexity index is 1020. The summed E-state index contributed by atoms with van der Waals surface area (Å²) in [7, 11) is 0. The highest BCUT2D eigenvalue weighted by atomic mass is 79.9. The fourth-order valence-electron chi connectivity index (χ4n) is 4.10. The molecule has 2 aromatic heterocycles. The minimum absolute atomic E-state index is 0.849. The molecule has 0 radical (unpaired) electrons. The number of benzene rings is 1. The van der Waals surface area contributed by atoms with E-state index in [0.717, 1.165) is 55.0 Å². The lowest BCUT2D eigenvalue weighted by Gasteiger charge is -2.28. The van der Waals surface area contributed by atoms with Gasteiger partial charge in [-0.25, -0.2) is 9.97 Å². The second-order valence-corrected chi connectivity index (χ2v) is 8.24. The Morgan fingerprint density at radius 3 is 3.04 bits per heavy atom. The van der Waals surface area contributed by atoms with Gasteiger partial charge in [-0.2, -0.15) is 0 Å². The number of aromatic nitrogens is 3. The van der Waals surface area contributed by atoms with Crippen molar-refractivity contribution in [2.45, 2.75) is 38.8 Å². The molecule has 3 aromatic rings. The molecule has 5 nitrogen and oxygen atoms in total. The van der Waals surface area contributed by atoms with Gasteiger partial charge in [0.05, 0.1) is 11.4 Å². The quantitative estimate of drug-likeness (QED) is 0.684. The zero-order valence-electron chi connectivity index (χ0n) is 15.2. The zero-order valence-corrected chi connectivity index (χ0v) is 16.8. The van der Waals surface area contributed by atoms with Crippen LogP contribution in [0.15, 0.2) is 40.1 Å². The standard InChI is InChI=1S/C21H22BrN5/c22-16-4-3-6-18-20(16)15(11-24-18)13-27-9-7-17-14(12-27)10-25-21(26-17)19-5-1-2-8-23-19/h3-4,6,10-11,24H,1-2,5,7-9,12-13H2. The lowest BCUT2D eigenvalue weighted by atomic mass is 10.0. The van der Waals surface area contributed by atoms with Crippen molar-refractivity contribution in [1.29, 1.82) is 0 Å². The number of nitrogens with zero attached hydrogens (tertiary/aromatic N) is 4. The molecule has 0 unspecified atom stereocenters. The largest absolute Gasteiger partial charge is 0.361 e. The zero-order chi connectivity index (χ0) is 18.2. The third-order valence-electron chi connectivity index (χ3n) is 5.53. The molecular formula is C21H22BrN5. The Morgan fingerprint density at radius 2 is 2.15 bits per heavy atom. The maximum Gasteiger partial charge on any atom is 0.173 e. The maximum atomic E-state index is 4.85. The number of hydrogen-bond acceptors (Lipinski definition) is 4. The van der Waals surface area contributed by atoms with E-state index >= 15 is 0 Å². The van der Waals surface area contributed by atoms with Crippen LogP contribution in [0.3, 0.4) is 0 Å². The van der Waals surface area contributed by atoms with Crippen molar-refractivity contribution in [3.63, 3.8) is 0 Å². The van der Waals surface area contributed by atoms with E-state index in [1.54, 1.807) is 0 Å². The minimum Gasteiger partial charge on any atom is -0.361 e. The Morgan fingerprint density at radius 1 is 1.19 bits per heavy atom. The molecule has 0 spiro atoms. The molecule has 6 heteroatoms. The molecule has 0 atom stereocenters. The summed E-state index contributed by atoms with van der Waals surface area (Å²) in [5.74, 6) is 0.849. The van der Waals surface area contributed by atoms with Crippen molar-refractivity contribution in [1.82, 2.24) is 19.9 Å². The first-order valence-corrected chi connectivity index (χ1v) is 10.4. The summed E-state index contributed by atoms with van der Waals surface area (Å²) in [6.07, 6.45) is 8.53. The first-order valence-electron chi connectivity index (χ1n) is 9.63. The van der Waals surface area contributed by atoms with Gasteiger partial charge in [0.15, 0.2) is 5.82 Å². The van der Waals surface area contributed by atoms with Crippen LogP contribution in [0, 0.1) is 0 Å². The molecule has 0 saturated heterocycles. The van der Waals surface area contributed by atoms with Crippen LogP contribution in [0.25, 0.3) is 10.9 Å². The van der Waals surface area contributed by atoms with E-state index in [1.165, 1.54) is 40.6 Å². The van der Waals surface area contributed by atoms with E-state index in [9.17, 15) is 0 Å². The van der Waals surface area contributed by atoms with Gasteiger partial charge in [0.25, 0.3) is 0 Å². The topological polar surface area (TPSA) is 57.2 Å². The van der Waals surface area contributed by atoms with Crippen molar-refractivity contribution in [3.8, 4) is 0 Å². The van der Waals surface area contributed by atoms with E-state index in [-0.39, 0.29) is 0 Å². The van der Waals surface area contributed by atoms with Crippen molar-refractivity contribution in [3.05, 3.63) is 57.7 Å². The van der Waals surface area contributed by atoms with Crippen molar-refractivity contribution in [2.75, 3.05) is 13.1 Å². The summed E-state index contributed by atoms with van der Waals surface area (Å²) in [5.41, 5.74) is 6.05. The number of nitrogens with one attached hydrogen (secondary N) is 1. The van der Waals surface area contributed by atoms with Gasteiger partial charge in [-0.05, 0) is 37.0 Å². The Balaban J connectivity index is 1.36. The molecule has 0 aliphatic carbocycles. The molecule has 138 valence electrons. The van der Waals surface area contributed by atoms with E-state index in [2.05, 4.69) is 60.2 Å². The highest BCUT2D eigenvalue weighted by Crippen LogP contribution is 2.29. The molecule has 0 fully saturated rings. The monoisotopic (exact) mass is 423 g/mol. The van der Waals surface area contributed by atoms with Gasteiger partial charge < -0.3 is 4.98 Å². The van der Waals surface area contributed by atoms with Gasteiger partial charge >= 0.3 is 0 Å². The Hall–Kier alpha value is -2.05. The SMILES string of the molecule is Brc1cccc2[nH]cc(CN3CCc4nc(C5=NCCCC5)ncc4C3)c12. The van der Waals surface area contributed by atoms with Crippen molar-refractivity contribution in [2.24, 2.45) is 4.99 Å². The average Bonchev–Trinajstić information content (AvgIpc) is 3.12. The third-order valence-corrected chi connectivity index (χ3v) is 6.19. The fourth-order valence-corrected chi connectivity index (χ4v) is 4.72. The molecule has 5 rings (SSSR count). The predicted molar refractivity (Wildman–Crippen MR) is 111 cm³/mol. The molecule has 1 N–H and O–H groups in total. The molecule has 2 aliphatic rings. The summed E-state index contributed by atoms with van der Waals surface area (Å²) in [6, 6.07) is 6.29. The van der Waals surface area contributed by atoms with Crippen LogP contribution in [0.5, 0.6) is 0 Å². The van der Waals surface area contributed by atoms with E-state index in [4.69, 9.17) is 4.98 Å². The Kier molecular flexibility index (Phi) is 4.53. The van der Waals surface area contributed by atoms with Crippen LogP contribution < -0.4 is 0 Å². The number of aliphatic imine (C=N–C) groups is 1. The van der Waals surface area contributed by atoms with Crippen LogP contribution in [-0.2, 0) is 19.5 Å². The summed E-state index contributed by atoms with van der Waals surface area (Å²) < 4.78 is 1.15. The smallest absolute Gasteiger partial charge is 0.173 e. The van der Waals surface area contributed by atoms with Crippen LogP contribution >= 0.6 is 15.9 Å². The van der Waals surface area contributed by atoms with Crippen molar-refractivity contribution >= 4 is 32.5 Å². The number of hydrogen-bond donors (Lipinski definition) is 1. The lowest BCUT2D eigenvalue weighted by Crippen LogP contribution is -2.31. The number of fused-ring (bicyclic) bond motifs is 2. The van der Waals surface area contributed by atoms with Crippen molar-refractivity contribution < 1.29 is 0 Å². The summed E-state index contributed by atoms with van der Waals surface area (Å²) in [6.45, 7) is 3.77. The number of rotatable bonds is 3. The molecular weight excluding hydrogens is 402 g/mol. The molecule has 0 bridgehead atoms. The van der Waals surface area contributed by atoms with Crippen LogP contribution in [0.1, 0.15) is 41.9 Å². The van der Waals surface area contributed by atoms with Gasteiger partial charge in [-0.15, -0.1) is 0 Å². The predicted octanol–water partition coefficient (Wildman–Crippen LogP) is 4.25. The van der Waals surface area contributed by atoms with Crippen LogP contribution in [0.2, 0.25) is 0 Å². The van der Waals surface area contributed by atoms with Gasteiger partial charge in [0.2, 0.25) is 0 Å².